The lowest BCUT2D eigenvalue weighted by Crippen LogP contribution is -2.22. The molecule has 0 unspecified atom stereocenters. The first-order valence-electron chi connectivity index (χ1n) is 7.66. The smallest absolute Gasteiger partial charge is 0.248 e. The van der Waals surface area contributed by atoms with Crippen molar-refractivity contribution in [3.63, 3.8) is 0 Å². The van der Waals surface area contributed by atoms with Gasteiger partial charge < -0.3 is 20.5 Å². The van der Waals surface area contributed by atoms with E-state index in [9.17, 15) is 15.0 Å². The van der Waals surface area contributed by atoms with Crippen LogP contribution in [-0.4, -0.2) is 28.3 Å². The number of fused-ring (bicyclic) bond motifs is 1. The third kappa shape index (κ3) is 4.08. The number of hydrogen-bond donors (Lipinski definition) is 4. The van der Waals surface area contributed by atoms with Gasteiger partial charge in [-0.2, -0.15) is 0 Å². The predicted molar refractivity (Wildman–Crippen MR) is 87.9 cm³/mol. The fourth-order valence-electron chi connectivity index (χ4n) is 2.50. The molecule has 0 spiro atoms. The molecule has 1 radical (unpaired) electrons. The fraction of sp³-hybridized carbons (Fsp3) is 0.412. The number of unbranched alkanes of at least 4 members (excludes halogenated alkanes) is 3. The van der Waals surface area contributed by atoms with Gasteiger partial charge in [0, 0.05) is 18.0 Å². The molecule has 1 aromatic carbocycles. The van der Waals surface area contributed by atoms with Crippen LogP contribution in [0.2, 0.25) is 0 Å². The molecule has 0 saturated carbocycles. The Morgan fingerprint density at radius 2 is 2.00 bits per heavy atom. The maximum atomic E-state index is 11.4. The number of pyridine rings is 1. The Morgan fingerprint density at radius 3 is 2.77 bits per heavy atom. The Hall–Kier alpha value is -1.85. The van der Waals surface area contributed by atoms with E-state index >= 15 is 0 Å². The van der Waals surface area contributed by atoms with Crippen molar-refractivity contribution < 1.29 is 10.2 Å². The molecule has 5 heteroatoms. The zero-order chi connectivity index (χ0) is 15.9. The molecule has 1 aromatic heterocycles. The molecule has 0 fully saturated rings. The van der Waals surface area contributed by atoms with Crippen LogP contribution in [-0.2, 0) is 0 Å². The summed E-state index contributed by atoms with van der Waals surface area (Å²) in [5, 5.41) is 24.0. The first kappa shape index (κ1) is 16.5. The quantitative estimate of drug-likeness (QED) is 0.564. The molecule has 1 heterocycles. The van der Waals surface area contributed by atoms with Crippen LogP contribution >= 0.6 is 0 Å². The molecule has 0 aliphatic heterocycles. The van der Waals surface area contributed by atoms with E-state index in [4.69, 9.17) is 0 Å². The SMILES string of the molecule is [CH2]CCCCCNC[C@H](O)c1ccc(O)c2[nH]c(=O)ccc12. The largest absolute Gasteiger partial charge is 0.506 e. The predicted octanol–water partition coefficient (Wildman–Crippen LogP) is 2.25. The number of rotatable bonds is 8. The lowest BCUT2D eigenvalue weighted by Gasteiger charge is -2.15. The standard InChI is InChI=1S/C17H23N2O3/c1-2-3-4-5-10-18-11-15(21)12-6-8-14(20)17-13(12)7-9-16(22)19-17/h6-9,15,18,20-21H,1-5,10-11H2,(H,19,22)/t15-/m0/s1. The summed E-state index contributed by atoms with van der Waals surface area (Å²) < 4.78 is 0. The Morgan fingerprint density at radius 1 is 1.18 bits per heavy atom. The summed E-state index contributed by atoms with van der Waals surface area (Å²) in [5.74, 6) is 0.00443. The summed E-state index contributed by atoms with van der Waals surface area (Å²) in [5.41, 5.74) is 0.770. The molecule has 0 aliphatic rings. The van der Waals surface area contributed by atoms with E-state index in [-0.39, 0.29) is 11.3 Å². The van der Waals surface area contributed by atoms with Gasteiger partial charge in [-0.05, 0) is 30.7 Å². The van der Waals surface area contributed by atoms with Crippen molar-refractivity contribution in [2.75, 3.05) is 13.1 Å². The van der Waals surface area contributed by atoms with E-state index in [0.717, 1.165) is 32.2 Å². The number of aromatic amines is 1. The van der Waals surface area contributed by atoms with Gasteiger partial charge in [-0.15, -0.1) is 0 Å². The lowest BCUT2D eigenvalue weighted by atomic mass is 10.0. The van der Waals surface area contributed by atoms with Gasteiger partial charge in [0.2, 0.25) is 5.56 Å². The number of aromatic hydroxyl groups is 1. The summed E-state index contributed by atoms with van der Waals surface area (Å²) >= 11 is 0. The van der Waals surface area contributed by atoms with Gasteiger partial charge in [-0.25, -0.2) is 0 Å². The maximum Gasteiger partial charge on any atom is 0.248 e. The molecular formula is C17H23N2O3. The van der Waals surface area contributed by atoms with Crippen LogP contribution in [0, 0.1) is 6.92 Å². The van der Waals surface area contributed by atoms with E-state index in [2.05, 4.69) is 17.2 Å². The van der Waals surface area contributed by atoms with Crippen molar-refractivity contribution >= 4 is 10.9 Å². The van der Waals surface area contributed by atoms with Crippen LogP contribution in [0.1, 0.15) is 37.4 Å². The van der Waals surface area contributed by atoms with E-state index in [1.165, 1.54) is 12.1 Å². The number of phenolic OH excluding ortho intramolecular Hbond substituents is 1. The second-order valence-corrected chi connectivity index (χ2v) is 5.42. The monoisotopic (exact) mass is 303 g/mol. The molecule has 0 bridgehead atoms. The lowest BCUT2D eigenvalue weighted by molar-refractivity contribution is 0.176. The van der Waals surface area contributed by atoms with Gasteiger partial charge in [-0.1, -0.05) is 32.3 Å². The van der Waals surface area contributed by atoms with Gasteiger partial charge in [-0.3, -0.25) is 4.79 Å². The van der Waals surface area contributed by atoms with Crippen LogP contribution in [0.4, 0.5) is 0 Å². The van der Waals surface area contributed by atoms with Crippen molar-refractivity contribution in [2.24, 2.45) is 0 Å². The number of H-pyrrole nitrogens is 1. The van der Waals surface area contributed by atoms with Gasteiger partial charge in [0.1, 0.15) is 5.75 Å². The Bertz CT molecular complexity index is 666. The number of hydrogen-bond acceptors (Lipinski definition) is 4. The fourth-order valence-corrected chi connectivity index (χ4v) is 2.50. The van der Waals surface area contributed by atoms with E-state index in [1.807, 2.05) is 0 Å². The number of phenols is 1. The summed E-state index contributed by atoms with van der Waals surface area (Å²) in [6.45, 7) is 5.09. The molecule has 22 heavy (non-hydrogen) atoms. The van der Waals surface area contributed by atoms with Crippen LogP contribution in [0.15, 0.2) is 29.1 Å². The van der Waals surface area contributed by atoms with Crippen LogP contribution in [0.5, 0.6) is 5.75 Å². The first-order valence-corrected chi connectivity index (χ1v) is 7.66. The minimum atomic E-state index is -0.693. The summed E-state index contributed by atoms with van der Waals surface area (Å²) in [7, 11) is 0. The highest BCUT2D eigenvalue weighted by atomic mass is 16.3. The van der Waals surface area contributed by atoms with Crippen LogP contribution in [0.25, 0.3) is 10.9 Å². The number of benzene rings is 1. The Kier molecular flexibility index (Phi) is 5.98. The zero-order valence-corrected chi connectivity index (χ0v) is 12.6. The second-order valence-electron chi connectivity index (χ2n) is 5.42. The highest BCUT2D eigenvalue weighted by Gasteiger charge is 2.13. The minimum absolute atomic E-state index is 0.00443. The summed E-state index contributed by atoms with van der Waals surface area (Å²) in [6, 6.07) is 6.20. The second kappa shape index (κ2) is 7.96. The van der Waals surface area contributed by atoms with Crippen molar-refractivity contribution in [1.82, 2.24) is 10.3 Å². The van der Waals surface area contributed by atoms with Crippen LogP contribution in [0.3, 0.4) is 0 Å². The van der Waals surface area contributed by atoms with Crippen molar-refractivity contribution in [1.29, 1.82) is 0 Å². The van der Waals surface area contributed by atoms with Gasteiger partial charge in [0.15, 0.2) is 0 Å². The van der Waals surface area contributed by atoms with Gasteiger partial charge in [0.05, 0.1) is 11.6 Å². The summed E-state index contributed by atoms with van der Waals surface area (Å²) in [4.78, 5) is 14.0. The molecular weight excluding hydrogens is 280 g/mol. The zero-order valence-electron chi connectivity index (χ0n) is 12.6. The number of aliphatic hydroxyl groups is 1. The summed E-state index contributed by atoms with van der Waals surface area (Å²) in [6.07, 6.45) is 3.59. The average molecular weight is 303 g/mol. The van der Waals surface area contributed by atoms with Crippen molar-refractivity contribution in [2.45, 2.75) is 31.8 Å². The topological polar surface area (TPSA) is 85.3 Å². The number of aliphatic hydroxyl groups excluding tert-OH is 1. The average Bonchev–Trinajstić information content (AvgIpc) is 2.51. The minimum Gasteiger partial charge on any atom is -0.506 e. The van der Waals surface area contributed by atoms with E-state index in [0.29, 0.717) is 23.0 Å². The Labute approximate surface area is 130 Å². The molecule has 0 amide bonds. The van der Waals surface area contributed by atoms with Gasteiger partial charge >= 0.3 is 0 Å². The van der Waals surface area contributed by atoms with Gasteiger partial charge in [0.25, 0.3) is 0 Å². The molecule has 119 valence electrons. The van der Waals surface area contributed by atoms with E-state index < -0.39 is 6.10 Å². The third-order valence-corrected chi connectivity index (χ3v) is 3.71. The third-order valence-electron chi connectivity index (χ3n) is 3.71. The van der Waals surface area contributed by atoms with Crippen molar-refractivity contribution in [3.8, 4) is 5.75 Å². The molecule has 0 aliphatic carbocycles. The normalized spacial score (nSPS) is 12.6. The molecule has 0 saturated heterocycles. The number of nitrogens with one attached hydrogen (secondary N) is 2. The highest BCUT2D eigenvalue weighted by Crippen LogP contribution is 2.28. The van der Waals surface area contributed by atoms with E-state index in [1.54, 1.807) is 12.1 Å². The number of aromatic nitrogens is 1. The first-order chi connectivity index (χ1) is 10.6. The van der Waals surface area contributed by atoms with Crippen LogP contribution < -0.4 is 10.9 Å². The molecule has 5 nitrogen and oxygen atoms in total. The molecule has 2 rings (SSSR count). The maximum absolute atomic E-state index is 11.4. The Balaban J connectivity index is 2.04. The molecule has 1 atom stereocenters. The van der Waals surface area contributed by atoms with Crippen molar-refractivity contribution in [3.05, 3.63) is 47.1 Å². The highest BCUT2D eigenvalue weighted by molar-refractivity contribution is 5.87. The molecule has 4 N–H and O–H groups in total. The molecule has 2 aromatic rings.